The molecule has 1 aliphatic rings. The van der Waals surface area contributed by atoms with Gasteiger partial charge in [-0.05, 0) is 68.0 Å². The molecule has 0 aliphatic carbocycles. The van der Waals surface area contributed by atoms with Gasteiger partial charge in [-0.3, -0.25) is 4.79 Å². The molecule has 1 aliphatic heterocycles. The van der Waals surface area contributed by atoms with Crippen LogP contribution in [0.15, 0.2) is 47.0 Å². The van der Waals surface area contributed by atoms with Gasteiger partial charge >= 0.3 is 0 Å². The number of benzene rings is 2. The Labute approximate surface area is 232 Å². The fraction of sp³-hybridized carbons (Fsp3) is 0.357. The number of hydrogen-bond donors (Lipinski definition) is 1. The summed E-state index contributed by atoms with van der Waals surface area (Å²) in [6, 6.07) is 13.4. The van der Waals surface area contributed by atoms with Crippen LogP contribution in [0.3, 0.4) is 0 Å². The third-order valence-electron chi connectivity index (χ3n) is 7.13. The number of piperidine rings is 1. The lowest BCUT2D eigenvalue weighted by Crippen LogP contribution is -2.38. The van der Waals surface area contributed by atoms with E-state index in [0.29, 0.717) is 48.8 Å². The van der Waals surface area contributed by atoms with Crippen LogP contribution >= 0.6 is 11.6 Å². The number of fused-ring (bicyclic) bond motifs is 1. The summed E-state index contributed by atoms with van der Waals surface area (Å²) in [6.45, 7) is 5.07. The quantitative estimate of drug-likeness (QED) is 0.281. The molecule has 4 aromatic rings. The molecule has 2 aromatic carbocycles. The first-order chi connectivity index (χ1) is 18.6. The summed E-state index contributed by atoms with van der Waals surface area (Å²) in [5.41, 5.74) is 4.24. The molecule has 0 spiro atoms. The van der Waals surface area contributed by atoms with Crippen molar-refractivity contribution in [1.82, 2.24) is 19.4 Å². The lowest BCUT2D eigenvalue weighted by atomic mass is 9.92. The second-order valence-electron chi connectivity index (χ2n) is 10.0. The SMILES string of the molecule is Cc1noc(C)c1-c1ccc2nc(C(=O)CC3CCN(S(C)(=O)=O)CC3)nc(NCc3cccc(Cl)c3)c2c1. The van der Waals surface area contributed by atoms with Gasteiger partial charge in [0.2, 0.25) is 10.0 Å². The van der Waals surface area contributed by atoms with Crippen molar-refractivity contribution < 1.29 is 17.7 Å². The number of rotatable bonds is 8. The predicted molar refractivity (Wildman–Crippen MR) is 151 cm³/mol. The summed E-state index contributed by atoms with van der Waals surface area (Å²) in [4.78, 5) is 22.6. The first-order valence-electron chi connectivity index (χ1n) is 12.8. The summed E-state index contributed by atoms with van der Waals surface area (Å²) in [5, 5.41) is 8.86. The maximum absolute atomic E-state index is 13.3. The number of nitrogens with zero attached hydrogens (tertiary/aromatic N) is 4. The highest BCUT2D eigenvalue weighted by Crippen LogP contribution is 2.32. The number of hydrogen-bond acceptors (Lipinski definition) is 8. The predicted octanol–water partition coefficient (Wildman–Crippen LogP) is 5.41. The fourth-order valence-electron chi connectivity index (χ4n) is 5.07. The van der Waals surface area contributed by atoms with E-state index >= 15 is 0 Å². The van der Waals surface area contributed by atoms with E-state index in [9.17, 15) is 13.2 Å². The number of aromatic nitrogens is 3. The molecule has 2 aromatic heterocycles. The standard InChI is InChI=1S/C28H30ClN5O4S/c1-17-26(18(2)38-33-17)21-7-8-24-23(15-21)27(30-16-20-5-4-6-22(29)13-20)32-28(31-24)25(35)14-19-9-11-34(12-10-19)39(3,36)37/h4-8,13,15,19H,9-12,14,16H2,1-3H3,(H,30,31,32). The highest BCUT2D eigenvalue weighted by atomic mass is 35.5. The summed E-state index contributed by atoms with van der Waals surface area (Å²) < 4.78 is 30.5. The normalized spacial score (nSPS) is 15.1. The van der Waals surface area contributed by atoms with E-state index in [1.54, 1.807) is 0 Å². The number of nitrogens with one attached hydrogen (secondary N) is 1. The van der Waals surface area contributed by atoms with Crippen LogP contribution in [0.4, 0.5) is 5.82 Å². The molecule has 204 valence electrons. The lowest BCUT2D eigenvalue weighted by molar-refractivity contribution is 0.0935. The minimum Gasteiger partial charge on any atom is -0.365 e. The van der Waals surface area contributed by atoms with Crippen molar-refractivity contribution >= 4 is 44.1 Å². The second kappa shape index (κ2) is 11.0. The average Bonchev–Trinajstić information content (AvgIpc) is 3.24. The van der Waals surface area contributed by atoms with Gasteiger partial charge in [0.25, 0.3) is 0 Å². The molecule has 0 bridgehead atoms. The third-order valence-corrected chi connectivity index (χ3v) is 8.67. The van der Waals surface area contributed by atoms with Crippen LogP contribution in [0.25, 0.3) is 22.0 Å². The van der Waals surface area contributed by atoms with Crippen molar-refractivity contribution in [2.45, 2.75) is 39.7 Å². The zero-order valence-electron chi connectivity index (χ0n) is 22.1. The summed E-state index contributed by atoms with van der Waals surface area (Å²) >= 11 is 6.17. The van der Waals surface area contributed by atoms with Crippen molar-refractivity contribution in [3.63, 3.8) is 0 Å². The molecule has 11 heteroatoms. The number of halogens is 1. The molecule has 0 saturated carbocycles. The van der Waals surface area contributed by atoms with E-state index in [0.717, 1.165) is 33.5 Å². The minimum atomic E-state index is -3.22. The van der Waals surface area contributed by atoms with Gasteiger partial charge in [-0.1, -0.05) is 35.0 Å². The molecule has 0 unspecified atom stereocenters. The Hall–Kier alpha value is -3.34. The van der Waals surface area contributed by atoms with E-state index in [-0.39, 0.29) is 23.9 Å². The van der Waals surface area contributed by atoms with Crippen LogP contribution in [-0.2, 0) is 16.6 Å². The second-order valence-corrected chi connectivity index (χ2v) is 12.5. The van der Waals surface area contributed by atoms with Crippen LogP contribution in [0.1, 0.15) is 46.9 Å². The van der Waals surface area contributed by atoms with Crippen LogP contribution in [-0.4, -0.2) is 53.0 Å². The first kappa shape index (κ1) is 27.2. The van der Waals surface area contributed by atoms with Crippen molar-refractivity contribution in [3.8, 4) is 11.1 Å². The molecule has 1 fully saturated rings. The lowest BCUT2D eigenvalue weighted by Gasteiger charge is -2.29. The van der Waals surface area contributed by atoms with Gasteiger partial charge in [0.15, 0.2) is 11.6 Å². The Kier molecular flexibility index (Phi) is 7.70. The molecule has 39 heavy (non-hydrogen) atoms. The Balaban J connectivity index is 1.45. The van der Waals surface area contributed by atoms with Gasteiger partial charge in [-0.15, -0.1) is 0 Å². The molecular weight excluding hydrogens is 538 g/mol. The van der Waals surface area contributed by atoms with Crippen molar-refractivity contribution in [1.29, 1.82) is 0 Å². The zero-order valence-corrected chi connectivity index (χ0v) is 23.6. The van der Waals surface area contributed by atoms with E-state index in [1.807, 2.05) is 56.3 Å². The van der Waals surface area contributed by atoms with Gasteiger partial charge < -0.3 is 9.84 Å². The zero-order chi connectivity index (χ0) is 27.7. The largest absolute Gasteiger partial charge is 0.365 e. The maximum atomic E-state index is 13.3. The summed E-state index contributed by atoms with van der Waals surface area (Å²) in [5.74, 6) is 1.33. The van der Waals surface area contributed by atoms with Gasteiger partial charge in [0.05, 0.1) is 17.5 Å². The number of Topliss-reactive ketones (excluding diaryl/α,β-unsaturated/α-hetero) is 1. The Morgan fingerprint density at radius 3 is 2.56 bits per heavy atom. The van der Waals surface area contributed by atoms with Crippen molar-refractivity contribution in [3.05, 3.63) is 70.3 Å². The van der Waals surface area contributed by atoms with Crippen LogP contribution in [0, 0.1) is 19.8 Å². The van der Waals surface area contributed by atoms with Gasteiger partial charge in [-0.25, -0.2) is 22.7 Å². The van der Waals surface area contributed by atoms with Crippen LogP contribution < -0.4 is 5.32 Å². The summed E-state index contributed by atoms with van der Waals surface area (Å²) in [6.07, 6.45) is 2.75. The number of aryl methyl sites for hydroxylation is 2. The van der Waals surface area contributed by atoms with E-state index < -0.39 is 10.0 Å². The van der Waals surface area contributed by atoms with Gasteiger partial charge in [0.1, 0.15) is 11.6 Å². The number of sulfonamides is 1. The van der Waals surface area contributed by atoms with Crippen LogP contribution in [0.5, 0.6) is 0 Å². The van der Waals surface area contributed by atoms with E-state index in [2.05, 4.69) is 20.4 Å². The Bertz CT molecular complexity index is 1630. The smallest absolute Gasteiger partial charge is 0.211 e. The number of carbonyl (C=O) groups is 1. The van der Waals surface area contributed by atoms with Crippen LogP contribution in [0.2, 0.25) is 5.02 Å². The topological polar surface area (TPSA) is 118 Å². The van der Waals surface area contributed by atoms with E-state index in [4.69, 9.17) is 16.1 Å². The molecule has 1 N–H and O–H groups in total. The van der Waals surface area contributed by atoms with E-state index in [1.165, 1.54) is 10.6 Å². The molecule has 1 saturated heterocycles. The molecule has 3 heterocycles. The van der Waals surface area contributed by atoms with Gasteiger partial charge in [0, 0.05) is 42.0 Å². The molecule has 5 rings (SSSR count). The highest BCUT2D eigenvalue weighted by Gasteiger charge is 2.27. The van der Waals surface area contributed by atoms with Gasteiger partial charge in [-0.2, -0.15) is 0 Å². The number of anilines is 1. The van der Waals surface area contributed by atoms with Crippen molar-refractivity contribution in [2.24, 2.45) is 5.92 Å². The number of carbonyl (C=O) groups excluding carboxylic acids is 1. The molecule has 0 atom stereocenters. The monoisotopic (exact) mass is 567 g/mol. The Morgan fingerprint density at radius 2 is 1.90 bits per heavy atom. The molecule has 0 amide bonds. The maximum Gasteiger partial charge on any atom is 0.211 e. The molecule has 9 nitrogen and oxygen atoms in total. The van der Waals surface area contributed by atoms with Crippen molar-refractivity contribution in [2.75, 3.05) is 24.7 Å². The third kappa shape index (κ3) is 6.13. The average molecular weight is 568 g/mol. The fourth-order valence-corrected chi connectivity index (χ4v) is 6.16. The first-order valence-corrected chi connectivity index (χ1v) is 15.0. The Morgan fingerprint density at radius 1 is 1.13 bits per heavy atom. The highest BCUT2D eigenvalue weighted by molar-refractivity contribution is 7.88. The number of ketones is 1. The summed E-state index contributed by atoms with van der Waals surface area (Å²) in [7, 11) is -3.22. The molecular formula is C28H30ClN5O4S. The molecule has 0 radical (unpaired) electrons. The minimum absolute atomic E-state index is 0.0829.